The van der Waals surface area contributed by atoms with Crippen LogP contribution >= 0.6 is 68.0 Å². The summed E-state index contributed by atoms with van der Waals surface area (Å²) in [5.74, 6) is -1.55. The lowest BCUT2D eigenvalue weighted by molar-refractivity contribution is -0.0504. The van der Waals surface area contributed by atoms with E-state index in [2.05, 4.69) is 0 Å². The Labute approximate surface area is 173 Å². The molecule has 0 bridgehead atoms. The van der Waals surface area contributed by atoms with Crippen molar-refractivity contribution in [2.24, 2.45) is 11.5 Å². The number of aliphatic hydroxyl groups is 3. The van der Waals surface area contributed by atoms with Crippen LogP contribution in [-0.4, -0.2) is 50.2 Å². The van der Waals surface area contributed by atoms with Crippen molar-refractivity contribution in [3.05, 3.63) is 35.4 Å². The number of hydrogen-bond donors (Lipinski definition) is 5. The third-order valence-corrected chi connectivity index (χ3v) is 6.50. The monoisotopic (exact) mass is 661 g/mol. The fourth-order valence-corrected chi connectivity index (χ4v) is 5.55. The first-order chi connectivity index (χ1) is 10.5. The second kappa shape index (κ2) is 8.05. The van der Waals surface area contributed by atoms with Crippen LogP contribution in [0.25, 0.3) is 0 Å². The van der Waals surface area contributed by atoms with Gasteiger partial charge in [-0.2, -0.15) is 0 Å². The molecule has 7 N–H and O–H groups in total. The molecule has 3 unspecified atom stereocenters. The number of nitrogens with two attached hydrogens (primary N) is 2. The minimum atomic E-state index is -2.04. The average molecular weight is 661 g/mol. The molecule has 0 saturated carbocycles. The van der Waals surface area contributed by atoms with E-state index in [0.29, 0.717) is 0 Å². The number of rotatable bonds is 6. The Morgan fingerprint density at radius 2 is 1.78 bits per heavy atom. The van der Waals surface area contributed by atoms with Crippen LogP contribution in [-0.2, 0) is 0 Å². The zero-order chi connectivity index (χ0) is 18.0. The zero-order valence-corrected chi connectivity index (χ0v) is 18.0. The molecular weight excluding hydrogens is 647 g/mol. The SMILES string of the molecule is NC(=O)c1ccccc1C(=O)N(I)C(N)(C(O)I)C(O)(I)CO. The Morgan fingerprint density at radius 3 is 2.17 bits per heavy atom. The minimum absolute atomic E-state index is 0.0227. The van der Waals surface area contributed by atoms with Gasteiger partial charge in [-0.3, -0.25) is 12.7 Å². The van der Waals surface area contributed by atoms with E-state index in [1.54, 1.807) is 6.07 Å². The Morgan fingerprint density at radius 1 is 1.30 bits per heavy atom. The number of aliphatic hydroxyl groups excluding tert-OH is 2. The lowest BCUT2D eigenvalue weighted by atomic mass is 10.0. The number of carbonyl (C=O) groups excluding carboxylic acids is 2. The van der Waals surface area contributed by atoms with Gasteiger partial charge in [0, 0.05) is 0 Å². The Hall–Kier alpha value is 0.190. The van der Waals surface area contributed by atoms with Crippen molar-refractivity contribution in [1.29, 1.82) is 0 Å². The molecule has 128 valence electrons. The van der Waals surface area contributed by atoms with Crippen molar-refractivity contribution in [1.82, 2.24) is 3.11 Å². The predicted octanol–water partition coefficient (Wildman–Crippen LogP) is 0.102. The number of amides is 2. The highest BCUT2D eigenvalue weighted by molar-refractivity contribution is 14.1. The van der Waals surface area contributed by atoms with Crippen LogP contribution in [0.2, 0.25) is 0 Å². The summed E-state index contributed by atoms with van der Waals surface area (Å²) in [7, 11) is 0. The summed E-state index contributed by atoms with van der Waals surface area (Å²) in [5.41, 5.74) is 9.20. The van der Waals surface area contributed by atoms with Gasteiger partial charge in [0.15, 0.2) is 9.27 Å². The molecule has 0 aliphatic rings. The van der Waals surface area contributed by atoms with Gasteiger partial charge in [0.1, 0.15) is 4.11 Å². The van der Waals surface area contributed by atoms with Gasteiger partial charge >= 0.3 is 0 Å². The lowest BCUT2D eigenvalue weighted by Crippen LogP contribution is -2.72. The minimum Gasteiger partial charge on any atom is -0.392 e. The maximum Gasteiger partial charge on any atom is 0.265 e. The van der Waals surface area contributed by atoms with Crippen molar-refractivity contribution < 1.29 is 24.9 Å². The quantitative estimate of drug-likeness (QED) is 0.127. The van der Waals surface area contributed by atoms with Crippen LogP contribution in [0, 0.1) is 0 Å². The average Bonchev–Trinajstić information content (AvgIpc) is 2.51. The standard InChI is InChI=1S/C12H14I3N3O5/c13-10(22)12(17,11(14,23)5-19)18(15)9(21)7-4-2-1-3-6(7)8(16)20/h1-4,10,19,22-23H,5,17H2,(H2,16,20). The number of primary amides is 1. The smallest absolute Gasteiger partial charge is 0.265 e. The molecule has 2 amide bonds. The molecule has 0 radical (unpaired) electrons. The van der Waals surface area contributed by atoms with Crippen molar-refractivity contribution in [2.75, 3.05) is 6.61 Å². The summed E-state index contributed by atoms with van der Waals surface area (Å²) in [4.78, 5) is 24.2. The molecule has 0 aliphatic heterocycles. The summed E-state index contributed by atoms with van der Waals surface area (Å²) in [6.07, 6.45) is 0. The molecule has 0 saturated heterocycles. The molecule has 0 fully saturated rings. The van der Waals surface area contributed by atoms with Crippen LogP contribution in [0.3, 0.4) is 0 Å². The molecule has 0 aromatic heterocycles. The fraction of sp³-hybridized carbons (Fsp3) is 0.333. The summed E-state index contributed by atoms with van der Waals surface area (Å²) >= 11 is 4.49. The summed E-state index contributed by atoms with van der Waals surface area (Å²) in [6.45, 7) is -0.811. The van der Waals surface area contributed by atoms with Gasteiger partial charge in [0.05, 0.1) is 40.6 Å². The molecule has 0 spiro atoms. The number of halogens is 3. The van der Waals surface area contributed by atoms with Gasteiger partial charge in [-0.15, -0.1) is 0 Å². The van der Waals surface area contributed by atoms with Gasteiger partial charge in [-0.25, -0.2) is 0 Å². The van der Waals surface area contributed by atoms with Gasteiger partial charge in [-0.1, -0.05) is 12.1 Å². The van der Waals surface area contributed by atoms with Crippen LogP contribution in [0.15, 0.2) is 24.3 Å². The third kappa shape index (κ3) is 4.06. The first kappa shape index (κ1) is 21.2. The van der Waals surface area contributed by atoms with E-state index < -0.39 is 31.8 Å². The normalized spacial score (nSPS) is 17.7. The van der Waals surface area contributed by atoms with E-state index in [1.165, 1.54) is 86.2 Å². The number of benzene rings is 1. The van der Waals surface area contributed by atoms with E-state index in [-0.39, 0.29) is 11.1 Å². The Bertz CT molecular complexity index is 613. The highest BCUT2D eigenvalue weighted by atomic mass is 127. The van der Waals surface area contributed by atoms with Crippen LogP contribution < -0.4 is 11.5 Å². The van der Waals surface area contributed by atoms with Crippen molar-refractivity contribution in [3.8, 4) is 0 Å². The van der Waals surface area contributed by atoms with Crippen molar-refractivity contribution in [3.63, 3.8) is 0 Å². The first-order valence-corrected chi connectivity index (χ1v) is 9.32. The van der Waals surface area contributed by atoms with Crippen molar-refractivity contribution in [2.45, 2.75) is 13.4 Å². The number of carbonyl (C=O) groups is 2. The van der Waals surface area contributed by atoms with Crippen LogP contribution in [0.5, 0.6) is 0 Å². The van der Waals surface area contributed by atoms with Crippen LogP contribution in [0.1, 0.15) is 20.7 Å². The lowest BCUT2D eigenvalue weighted by Gasteiger charge is -2.45. The molecule has 3 atom stereocenters. The summed E-state index contributed by atoms with van der Waals surface area (Å²) in [6, 6.07) is 5.82. The largest absolute Gasteiger partial charge is 0.392 e. The number of alkyl halides is 2. The third-order valence-electron chi connectivity index (χ3n) is 3.11. The second-order valence-corrected chi connectivity index (χ2v) is 8.50. The molecule has 0 aliphatic carbocycles. The molecule has 8 nitrogen and oxygen atoms in total. The fourth-order valence-electron chi connectivity index (χ4n) is 1.71. The van der Waals surface area contributed by atoms with Gasteiger partial charge in [-0.05, 0) is 57.3 Å². The predicted molar refractivity (Wildman–Crippen MR) is 108 cm³/mol. The molecule has 23 heavy (non-hydrogen) atoms. The van der Waals surface area contributed by atoms with E-state index in [0.717, 1.165) is 3.11 Å². The molecule has 11 heteroatoms. The van der Waals surface area contributed by atoms with Gasteiger partial charge in [0.2, 0.25) is 5.91 Å². The molecule has 0 heterocycles. The van der Waals surface area contributed by atoms with E-state index >= 15 is 0 Å². The molecular formula is C12H14I3N3O5. The van der Waals surface area contributed by atoms with E-state index in [9.17, 15) is 24.9 Å². The maximum absolute atomic E-state index is 12.7. The van der Waals surface area contributed by atoms with E-state index in [1.807, 2.05) is 0 Å². The maximum atomic E-state index is 12.7. The zero-order valence-electron chi connectivity index (χ0n) is 11.5. The number of hydrogen-bond acceptors (Lipinski definition) is 6. The summed E-state index contributed by atoms with van der Waals surface area (Å²) in [5, 5.41) is 29.6. The van der Waals surface area contributed by atoms with E-state index in [4.69, 9.17) is 11.5 Å². The summed E-state index contributed by atoms with van der Waals surface area (Å²) < 4.78 is -2.60. The highest BCUT2D eigenvalue weighted by Crippen LogP contribution is 2.38. The van der Waals surface area contributed by atoms with Gasteiger partial charge < -0.3 is 26.8 Å². The first-order valence-electron chi connectivity index (χ1n) is 6.03. The Kier molecular flexibility index (Phi) is 7.43. The molecule has 1 rings (SSSR count). The second-order valence-electron chi connectivity index (χ2n) is 4.57. The topological polar surface area (TPSA) is 150 Å². The highest BCUT2D eigenvalue weighted by Gasteiger charge is 2.56. The van der Waals surface area contributed by atoms with Crippen LogP contribution in [0.4, 0.5) is 0 Å². The molecule has 1 aromatic carbocycles. The van der Waals surface area contributed by atoms with Gasteiger partial charge in [0.25, 0.3) is 5.91 Å². The number of nitrogens with zero attached hydrogens (tertiary/aromatic N) is 1. The Balaban J connectivity index is 3.39. The van der Waals surface area contributed by atoms with Crippen molar-refractivity contribution >= 4 is 79.9 Å². The molecule has 1 aromatic rings.